The summed E-state index contributed by atoms with van der Waals surface area (Å²) in [5.41, 5.74) is 0. The highest BCUT2D eigenvalue weighted by Gasteiger charge is 2.30. The molecular weight excluding hydrogens is 244 g/mol. The van der Waals surface area contributed by atoms with Crippen molar-refractivity contribution in [3.05, 3.63) is 0 Å². The molecule has 2 N–H and O–H groups in total. The van der Waals surface area contributed by atoms with Gasteiger partial charge in [0.05, 0.1) is 5.75 Å². The smallest absolute Gasteiger partial charge is 0.213 e. The Balaban J connectivity index is 2.45. The van der Waals surface area contributed by atoms with Crippen LogP contribution in [0, 0.1) is 0 Å². The Hall–Kier alpha value is 0.220. The Morgan fingerprint density at radius 1 is 1.38 bits per heavy atom. The van der Waals surface area contributed by atoms with Crippen molar-refractivity contribution >= 4 is 21.8 Å². The zero-order chi connectivity index (χ0) is 12.0. The monoisotopic (exact) mass is 266 g/mol. The van der Waals surface area contributed by atoms with Gasteiger partial charge < -0.3 is 5.32 Å². The van der Waals surface area contributed by atoms with Gasteiger partial charge in [0, 0.05) is 17.8 Å². The first-order valence-corrected chi connectivity index (χ1v) is 8.55. The summed E-state index contributed by atoms with van der Waals surface area (Å²) in [6, 6.07) is 0.145. The molecule has 96 valence electrons. The third kappa shape index (κ3) is 4.61. The van der Waals surface area contributed by atoms with E-state index in [1.54, 1.807) is 7.05 Å². The largest absolute Gasteiger partial charge is 0.319 e. The fourth-order valence-corrected chi connectivity index (χ4v) is 4.62. The van der Waals surface area contributed by atoms with E-state index in [9.17, 15) is 8.42 Å². The van der Waals surface area contributed by atoms with E-state index in [-0.39, 0.29) is 11.8 Å². The van der Waals surface area contributed by atoms with Crippen molar-refractivity contribution in [2.75, 3.05) is 25.1 Å². The van der Waals surface area contributed by atoms with Gasteiger partial charge in [0.25, 0.3) is 0 Å². The molecule has 16 heavy (non-hydrogen) atoms. The van der Waals surface area contributed by atoms with E-state index < -0.39 is 10.0 Å². The van der Waals surface area contributed by atoms with Gasteiger partial charge in [-0.15, -0.1) is 0 Å². The number of sulfonamides is 1. The molecule has 2 atom stereocenters. The van der Waals surface area contributed by atoms with E-state index in [1.807, 2.05) is 11.8 Å². The van der Waals surface area contributed by atoms with Gasteiger partial charge in [0.2, 0.25) is 10.0 Å². The summed E-state index contributed by atoms with van der Waals surface area (Å²) in [6.45, 7) is 2.63. The second kappa shape index (κ2) is 6.83. The van der Waals surface area contributed by atoms with Crippen LogP contribution < -0.4 is 10.0 Å². The van der Waals surface area contributed by atoms with E-state index in [2.05, 4.69) is 17.0 Å². The van der Waals surface area contributed by atoms with E-state index in [1.165, 1.54) is 0 Å². The molecule has 0 radical (unpaired) electrons. The third-order valence-electron chi connectivity index (χ3n) is 2.79. The lowest BCUT2D eigenvalue weighted by Gasteiger charge is -2.20. The normalized spacial score (nSPS) is 26.1. The average molecular weight is 266 g/mol. The molecule has 4 nitrogen and oxygen atoms in total. The van der Waals surface area contributed by atoms with Crippen molar-refractivity contribution < 1.29 is 8.42 Å². The van der Waals surface area contributed by atoms with Crippen LogP contribution >= 0.6 is 11.8 Å². The van der Waals surface area contributed by atoms with Gasteiger partial charge in [-0.2, -0.15) is 11.8 Å². The average Bonchev–Trinajstić information content (AvgIpc) is 2.63. The van der Waals surface area contributed by atoms with Crippen molar-refractivity contribution in [2.45, 2.75) is 37.5 Å². The van der Waals surface area contributed by atoms with Gasteiger partial charge in [-0.05, 0) is 25.6 Å². The Morgan fingerprint density at radius 3 is 2.75 bits per heavy atom. The van der Waals surface area contributed by atoms with Gasteiger partial charge in [-0.1, -0.05) is 13.3 Å². The van der Waals surface area contributed by atoms with Gasteiger partial charge in [-0.25, -0.2) is 13.1 Å². The minimum Gasteiger partial charge on any atom is -0.319 e. The van der Waals surface area contributed by atoms with E-state index in [0.29, 0.717) is 11.8 Å². The second-order valence-electron chi connectivity index (χ2n) is 4.07. The molecule has 2 unspecified atom stereocenters. The summed E-state index contributed by atoms with van der Waals surface area (Å²) < 4.78 is 26.3. The molecule has 1 saturated carbocycles. The lowest BCUT2D eigenvalue weighted by molar-refractivity contribution is 0.553. The number of rotatable bonds is 7. The van der Waals surface area contributed by atoms with Crippen LogP contribution in [0.2, 0.25) is 0 Å². The second-order valence-corrected chi connectivity index (χ2v) is 7.46. The maximum Gasteiger partial charge on any atom is 0.213 e. The summed E-state index contributed by atoms with van der Waals surface area (Å²) in [5.74, 6) is 1.23. The van der Waals surface area contributed by atoms with Crippen LogP contribution in [-0.2, 0) is 10.0 Å². The molecule has 1 fully saturated rings. The van der Waals surface area contributed by atoms with Crippen LogP contribution in [0.1, 0.15) is 26.2 Å². The number of nitrogens with one attached hydrogen (secondary N) is 2. The molecule has 6 heteroatoms. The number of hydrogen-bond acceptors (Lipinski definition) is 4. The van der Waals surface area contributed by atoms with Crippen molar-refractivity contribution in [3.63, 3.8) is 0 Å². The molecule has 0 saturated heterocycles. The summed E-state index contributed by atoms with van der Waals surface area (Å²) in [6.07, 6.45) is 3.26. The van der Waals surface area contributed by atoms with Gasteiger partial charge in [0.1, 0.15) is 0 Å². The van der Waals surface area contributed by atoms with E-state index in [4.69, 9.17) is 0 Å². The Morgan fingerprint density at radius 2 is 2.12 bits per heavy atom. The minimum absolute atomic E-state index is 0.145. The Labute approximate surface area is 103 Å². The van der Waals surface area contributed by atoms with E-state index in [0.717, 1.165) is 25.0 Å². The molecule has 1 aliphatic carbocycles. The number of thioether (sulfide) groups is 1. The Bertz CT molecular complexity index is 293. The molecule has 0 spiro atoms. The highest BCUT2D eigenvalue weighted by Crippen LogP contribution is 2.30. The van der Waals surface area contributed by atoms with Crippen LogP contribution in [0.4, 0.5) is 0 Å². The zero-order valence-electron chi connectivity index (χ0n) is 10.0. The molecule has 0 aromatic heterocycles. The van der Waals surface area contributed by atoms with E-state index >= 15 is 0 Å². The predicted octanol–water partition coefficient (Wildman–Crippen LogP) is 0.799. The minimum atomic E-state index is -3.10. The van der Waals surface area contributed by atoms with Crippen LogP contribution in [-0.4, -0.2) is 44.8 Å². The van der Waals surface area contributed by atoms with Crippen molar-refractivity contribution in [2.24, 2.45) is 0 Å². The molecule has 0 aromatic rings. The topological polar surface area (TPSA) is 58.2 Å². The van der Waals surface area contributed by atoms with Crippen LogP contribution in [0.25, 0.3) is 0 Å². The lowest BCUT2D eigenvalue weighted by atomic mass is 10.3. The van der Waals surface area contributed by atoms with Crippen molar-refractivity contribution in [3.8, 4) is 0 Å². The quantitative estimate of drug-likeness (QED) is 0.715. The van der Waals surface area contributed by atoms with Gasteiger partial charge in [0.15, 0.2) is 0 Å². The Kier molecular flexibility index (Phi) is 6.10. The molecule has 0 aliphatic heterocycles. The van der Waals surface area contributed by atoms with Gasteiger partial charge >= 0.3 is 0 Å². The highest BCUT2D eigenvalue weighted by molar-refractivity contribution is 8.00. The SMILES string of the molecule is CCSC1CCCC1NS(=O)(=O)CCNC. The highest BCUT2D eigenvalue weighted by atomic mass is 32.2. The predicted molar refractivity (Wildman–Crippen MR) is 70.4 cm³/mol. The molecule has 0 heterocycles. The van der Waals surface area contributed by atoms with Gasteiger partial charge in [-0.3, -0.25) is 0 Å². The summed E-state index contributed by atoms with van der Waals surface area (Å²) in [5, 5.41) is 3.33. The first-order chi connectivity index (χ1) is 7.59. The van der Waals surface area contributed by atoms with Crippen LogP contribution in [0.3, 0.4) is 0 Å². The molecule has 0 bridgehead atoms. The first kappa shape index (κ1) is 14.3. The van der Waals surface area contributed by atoms with Crippen molar-refractivity contribution in [1.82, 2.24) is 10.0 Å². The van der Waals surface area contributed by atoms with Crippen LogP contribution in [0.15, 0.2) is 0 Å². The molecular formula is C10H22N2O2S2. The maximum atomic E-state index is 11.7. The fourth-order valence-electron chi connectivity index (χ4n) is 2.00. The molecule has 0 aromatic carbocycles. The first-order valence-electron chi connectivity index (χ1n) is 5.85. The van der Waals surface area contributed by atoms with Crippen LogP contribution in [0.5, 0.6) is 0 Å². The summed E-state index contributed by atoms with van der Waals surface area (Å²) in [7, 11) is -1.34. The fraction of sp³-hybridized carbons (Fsp3) is 1.00. The molecule has 0 amide bonds. The molecule has 1 rings (SSSR count). The number of hydrogen-bond donors (Lipinski definition) is 2. The standard InChI is InChI=1S/C10H22N2O2S2/c1-3-15-10-6-4-5-9(10)12-16(13,14)8-7-11-2/h9-12H,3-8H2,1-2H3. The zero-order valence-corrected chi connectivity index (χ0v) is 11.7. The lowest BCUT2D eigenvalue weighted by Crippen LogP contribution is -2.41. The van der Waals surface area contributed by atoms with Crippen molar-refractivity contribution in [1.29, 1.82) is 0 Å². The maximum absolute atomic E-state index is 11.7. The molecule has 1 aliphatic rings. The summed E-state index contributed by atoms with van der Waals surface area (Å²) in [4.78, 5) is 0. The third-order valence-corrected chi connectivity index (χ3v) is 5.51. The summed E-state index contributed by atoms with van der Waals surface area (Å²) >= 11 is 1.87.